The molecule has 4 heteroatoms. The van der Waals surface area contributed by atoms with Crippen LogP contribution in [0.15, 0.2) is 61.1 Å². The van der Waals surface area contributed by atoms with E-state index in [1.165, 1.54) is 11.1 Å². The number of fused-ring (bicyclic) bond motifs is 1. The lowest BCUT2D eigenvalue weighted by atomic mass is 10.1. The summed E-state index contributed by atoms with van der Waals surface area (Å²) in [6, 6.07) is 14.6. The topological polar surface area (TPSA) is 38.7 Å². The van der Waals surface area contributed by atoms with Gasteiger partial charge in [0.25, 0.3) is 0 Å². The Morgan fingerprint density at radius 3 is 2.64 bits per heavy atom. The predicted octanol–water partition coefficient (Wildman–Crippen LogP) is 4.73. The molecule has 106 valence electrons. The molecule has 0 atom stereocenters. The van der Waals surface area contributed by atoms with Crippen LogP contribution in [0.25, 0.3) is 32.0 Å². The second-order valence-corrected chi connectivity index (χ2v) is 6.21. The SMILES string of the molecule is Cc1cccc(-c2cnc3nc(-c4cccnc4)sc3c2)c1. The molecule has 0 unspecified atom stereocenters. The molecule has 0 bridgehead atoms. The third-order valence-corrected chi connectivity index (χ3v) is 4.55. The second kappa shape index (κ2) is 5.31. The zero-order chi connectivity index (χ0) is 14.9. The van der Waals surface area contributed by atoms with Crippen molar-refractivity contribution in [2.45, 2.75) is 6.92 Å². The first-order chi connectivity index (χ1) is 10.8. The van der Waals surface area contributed by atoms with E-state index < -0.39 is 0 Å². The number of nitrogens with zero attached hydrogens (tertiary/aromatic N) is 3. The predicted molar refractivity (Wildman–Crippen MR) is 90.8 cm³/mol. The van der Waals surface area contributed by atoms with Gasteiger partial charge in [-0.3, -0.25) is 4.98 Å². The number of pyridine rings is 2. The van der Waals surface area contributed by atoms with Crippen LogP contribution in [-0.2, 0) is 0 Å². The fourth-order valence-electron chi connectivity index (χ4n) is 2.41. The van der Waals surface area contributed by atoms with Gasteiger partial charge in [0.15, 0.2) is 5.65 Å². The third-order valence-electron chi connectivity index (χ3n) is 3.51. The standard InChI is InChI=1S/C18H13N3S/c1-12-4-2-5-13(8-12)15-9-16-17(20-11-15)21-18(22-16)14-6-3-7-19-10-14/h2-11H,1H3. The molecule has 0 radical (unpaired) electrons. The average Bonchev–Trinajstić information content (AvgIpc) is 2.99. The molecule has 0 amide bonds. The summed E-state index contributed by atoms with van der Waals surface area (Å²) in [5.74, 6) is 0. The zero-order valence-corrected chi connectivity index (χ0v) is 12.8. The first-order valence-corrected chi connectivity index (χ1v) is 7.85. The quantitative estimate of drug-likeness (QED) is 0.537. The molecular weight excluding hydrogens is 290 g/mol. The molecule has 3 nitrogen and oxygen atoms in total. The van der Waals surface area contributed by atoms with E-state index >= 15 is 0 Å². The van der Waals surface area contributed by atoms with Gasteiger partial charge in [0.05, 0.1) is 4.70 Å². The Labute approximate surface area is 132 Å². The number of rotatable bonds is 2. The summed E-state index contributed by atoms with van der Waals surface area (Å²) in [7, 11) is 0. The van der Waals surface area contributed by atoms with Crippen LogP contribution in [0.1, 0.15) is 5.56 Å². The molecule has 0 aliphatic heterocycles. The summed E-state index contributed by atoms with van der Waals surface area (Å²) in [5.41, 5.74) is 5.38. The summed E-state index contributed by atoms with van der Waals surface area (Å²) in [6.45, 7) is 2.10. The highest BCUT2D eigenvalue weighted by molar-refractivity contribution is 7.21. The second-order valence-electron chi connectivity index (χ2n) is 5.18. The van der Waals surface area contributed by atoms with Crippen LogP contribution in [-0.4, -0.2) is 15.0 Å². The summed E-state index contributed by atoms with van der Waals surface area (Å²) < 4.78 is 1.10. The van der Waals surface area contributed by atoms with Crippen molar-refractivity contribution >= 4 is 21.7 Å². The zero-order valence-electron chi connectivity index (χ0n) is 12.0. The molecule has 0 aliphatic rings. The van der Waals surface area contributed by atoms with Gasteiger partial charge >= 0.3 is 0 Å². The molecule has 0 fully saturated rings. The van der Waals surface area contributed by atoms with Crippen molar-refractivity contribution < 1.29 is 0 Å². The van der Waals surface area contributed by atoms with Crippen molar-refractivity contribution in [2.24, 2.45) is 0 Å². The van der Waals surface area contributed by atoms with E-state index in [1.807, 2.05) is 24.5 Å². The number of hydrogen-bond acceptors (Lipinski definition) is 4. The smallest absolute Gasteiger partial charge is 0.170 e. The molecule has 3 heterocycles. The van der Waals surface area contributed by atoms with Gasteiger partial charge < -0.3 is 0 Å². The first kappa shape index (κ1) is 13.1. The minimum absolute atomic E-state index is 0.792. The average molecular weight is 303 g/mol. The van der Waals surface area contributed by atoms with Crippen LogP contribution in [0.3, 0.4) is 0 Å². The molecular formula is C18H13N3S. The first-order valence-electron chi connectivity index (χ1n) is 7.04. The Balaban J connectivity index is 1.82. The van der Waals surface area contributed by atoms with E-state index in [0.717, 1.165) is 26.5 Å². The van der Waals surface area contributed by atoms with E-state index in [9.17, 15) is 0 Å². The Hall–Kier alpha value is -2.59. The summed E-state index contributed by atoms with van der Waals surface area (Å²) in [4.78, 5) is 13.3. The van der Waals surface area contributed by atoms with Crippen LogP contribution in [0.4, 0.5) is 0 Å². The van der Waals surface area contributed by atoms with Gasteiger partial charge in [-0.2, -0.15) is 0 Å². The molecule has 0 aliphatic carbocycles. The van der Waals surface area contributed by atoms with E-state index in [4.69, 9.17) is 0 Å². The largest absolute Gasteiger partial charge is 0.264 e. The molecule has 0 N–H and O–H groups in total. The highest BCUT2D eigenvalue weighted by Gasteiger charge is 2.09. The number of hydrogen-bond donors (Lipinski definition) is 0. The number of aryl methyl sites for hydroxylation is 1. The Bertz CT molecular complexity index is 945. The van der Waals surface area contributed by atoms with Gasteiger partial charge in [-0.05, 0) is 30.7 Å². The molecule has 1 aromatic carbocycles. The highest BCUT2D eigenvalue weighted by atomic mass is 32.1. The minimum Gasteiger partial charge on any atom is -0.264 e. The van der Waals surface area contributed by atoms with Gasteiger partial charge in [-0.25, -0.2) is 9.97 Å². The van der Waals surface area contributed by atoms with Crippen molar-refractivity contribution in [3.8, 4) is 21.7 Å². The van der Waals surface area contributed by atoms with Crippen LogP contribution in [0.2, 0.25) is 0 Å². The lowest BCUT2D eigenvalue weighted by Crippen LogP contribution is -1.82. The van der Waals surface area contributed by atoms with Crippen molar-refractivity contribution in [1.82, 2.24) is 15.0 Å². The number of benzene rings is 1. The van der Waals surface area contributed by atoms with E-state index in [-0.39, 0.29) is 0 Å². The molecule has 4 rings (SSSR count). The molecule has 4 aromatic rings. The van der Waals surface area contributed by atoms with E-state index in [1.54, 1.807) is 17.5 Å². The third kappa shape index (κ3) is 2.38. The Morgan fingerprint density at radius 1 is 0.909 bits per heavy atom. The van der Waals surface area contributed by atoms with Crippen molar-refractivity contribution in [3.05, 3.63) is 66.6 Å². The summed E-state index contributed by atoms with van der Waals surface area (Å²) in [5, 5.41) is 0.956. The van der Waals surface area contributed by atoms with E-state index in [2.05, 4.69) is 52.2 Å². The Kier molecular flexibility index (Phi) is 3.16. The van der Waals surface area contributed by atoms with Crippen molar-refractivity contribution in [1.29, 1.82) is 0 Å². The molecule has 0 saturated heterocycles. The Morgan fingerprint density at radius 2 is 1.82 bits per heavy atom. The number of thiazole rings is 1. The lowest BCUT2D eigenvalue weighted by molar-refractivity contribution is 1.30. The lowest BCUT2D eigenvalue weighted by Gasteiger charge is -2.01. The molecule has 3 aromatic heterocycles. The molecule has 0 saturated carbocycles. The van der Waals surface area contributed by atoms with Crippen molar-refractivity contribution in [2.75, 3.05) is 0 Å². The maximum atomic E-state index is 4.60. The van der Waals surface area contributed by atoms with Crippen LogP contribution < -0.4 is 0 Å². The normalized spacial score (nSPS) is 11.0. The van der Waals surface area contributed by atoms with Gasteiger partial charge in [0, 0.05) is 29.7 Å². The summed E-state index contributed by atoms with van der Waals surface area (Å²) >= 11 is 1.65. The van der Waals surface area contributed by atoms with Crippen LogP contribution in [0.5, 0.6) is 0 Å². The van der Waals surface area contributed by atoms with Crippen LogP contribution >= 0.6 is 11.3 Å². The monoisotopic (exact) mass is 303 g/mol. The maximum absolute atomic E-state index is 4.60. The van der Waals surface area contributed by atoms with Gasteiger partial charge in [-0.15, -0.1) is 11.3 Å². The maximum Gasteiger partial charge on any atom is 0.170 e. The van der Waals surface area contributed by atoms with Gasteiger partial charge in [-0.1, -0.05) is 29.8 Å². The van der Waals surface area contributed by atoms with E-state index in [0.29, 0.717) is 0 Å². The van der Waals surface area contributed by atoms with Gasteiger partial charge in [0.2, 0.25) is 0 Å². The van der Waals surface area contributed by atoms with Crippen LogP contribution in [0, 0.1) is 6.92 Å². The summed E-state index contributed by atoms with van der Waals surface area (Å²) in [6.07, 6.45) is 5.49. The fourth-order valence-corrected chi connectivity index (χ4v) is 3.37. The molecule has 0 spiro atoms. The van der Waals surface area contributed by atoms with Gasteiger partial charge in [0.1, 0.15) is 5.01 Å². The molecule has 22 heavy (non-hydrogen) atoms. The van der Waals surface area contributed by atoms with Crippen molar-refractivity contribution in [3.63, 3.8) is 0 Å². The minimum atomic E-state index is 0.792. The highest BCUT2D eigenvalue weighted by Crippen LogP contribution is 2.31. The fraction of sp³-hybridized carbons (Fsp3) is 0.0556. The number of aromatic nitrogens is 3.